The van der Waals surface area contributed by atoms with Gasteiger partial charge in [-0.3, -0.25) is 4.79 Å². The Balaban J connectivity index is 1.83. The summed E-state index contributed by atoms with van der Waals surface area (Å²) >= 11 is 1.58. The van der Waals surface area contributed by atoms with Crippen LogP contribution in [0.4, 0.5) is 0 Å². The van der Waals surface area contributed by atoms with E-state index in [4.69, 9.17) is 5.10 Å². The molecule has 1 atom stereocenters. The van der Waals surface area contributed by atoms with E-state index in [0.717, 1.165) is 30.1 Å². The molecule has 0 amide bonds. The number of thiazole rings is 1. The highest BCUT2D eigenvalue weighted by molar-refractivity contribution is 7.12. The molecule has 0 aromatic carbocycles. The number of nitrogens with zero attached hydrogens (tertiary/aromatic N) is 3. The standard InChI is InChI=1S/C15H17N3O2S/c19-12(20)8-10-2-1-3-11-13(10)14(9-4-5-9)17-18(11)15-16-6-7-21-15/h6-7,9-10H,1-5,8H2,(H,19,20). The second-order valence-electron chi connectivity index (χ2n) is 5.93. The third-order valence-electron chi connectivity index (χ3n) is 4.41. The quantitative estimate of drug-likeness (QED) is 0.942. The Labute approximate surface area is 126 Å². The van der Waals surface area contributed by atoms with E-state index in [2.05, 4.69) is 4.98 Å². The molecule has 21 heavy (non-hydrogen) atoms. The Morgan fingerprint density at radius 3 is 2.95 bits per heavy atom. The van der Waals surface area contributed by atoms with E-state index in [1.54, 1.807) is 17.5 Å². The Morgan fingerprint density at radius 1 is 1.43 bits per heavy atom. The molecule has 2 aromatic rings. The molecule has 2 aromatic heterocycles. The zero-order valence-electron chi connectivity index (χ0n) is 11.7. The van der Waals surface area contributed by atoms with E-state index in [-0.39, 0.29) is 12.3 Å². The van der Waals surface area contributed by atoms with Gasteiger partial charge in [0.1, 0.15) is 0 Å². The topological polar surface area (TPSA) is 68.0 Å². The van der Waals surface area contributed by atoms with E-state index in [1.165, 1.54) is 24.1 Å². The Morgan fingerprint density at radius 2 is 2.29 bits per heavy atom. The number of hydrogen-bond donors (Lipinski definition) is 1. The number of carbonyl (C=O) groups is 1. The van der Waals surface area contributed by atoms with Crippen LogP contribution < -0.4 is 0 Å². The summed E-state index contributed by atoms with van der Waals surface area (Å²) in [6, 6.07) is 0. The minimum Gasteiger partial charge on any atom is -0.481 e. The zero-order valence-corrected chi connectivity index (χ0v) is 12.5. The van der Waals surface area contributed by atoms with Crippen molar-refractivity contribution in [3.63, 3.8) is 0 Å². The summed E-state index contributed by atoms with van der Waals surface area (Å²) < 4.78 is 1.97. The molecular formula is C15H17N3O2S. The summed E-state index contributed by atoms with van der Waals surface area (Å²) in [6.07, 6.45) is 7.35. The average Bonchev–Trinajstić information content (AvgIpc) is 3.01. The minimum atomic E-state index is -0.711. The van der Waals surface area contributed by atoms with Gasteiger partial charge in [0.25, 0.3) is 0 Å². The maximum atomic E-state index is 11.2. The average molecular weight is 303 g/mol. The van der Waals surface area contributed by atoms with E-state index < -0.39 is 5.97 Å². The van der Waals surface area contributed by atoms with Crippen LogP contribution >= 0.6 is 11.3 Å². The molecule has 6 heteroatoms. The lowest BCUT2D eigenvalue weighted by atomic mass is 9.82. The van der Waals surface area contributed by atoms with Crippen LogP contribution in [0.2, 0.25) is 0 Å². The Bertz CT molecular complexity index is 673. The first-order valence-electron chi connectivity index (χ1n) is 7.47. The molecule has 1 N–H and O–H groups in total. The normalized spacial score (nSPS) is 21.2. The van der Waals surface area contributed by atoms with Crippen LogP contribution in [0.25, 0.3) is 5.13 Å². The van der Waals surface area contributed by atoms with Crippen molar-refractivity contribution in [3.05, 3.63) is 28.5 Å². The molecule has 1 fully saturated rings. The summed E-state index contributed by atoms with van der Waals surface area (Å²) in [5, 5.41) is 16.9. The predicted molar refractivity (Wildman–Crippen MR) is 79.1 cm³/mol. The molecule has 0 radical (unpaired) electrons. The van der Waals surface area contributed by atoms with Crippen LogP contribution in [0.15, 0.2) is 11.6 Å². The van der Waals surface area contributed by atoms with Crippen LogP contribution in [0.5, 0.6) is 0 Å². The molecule has 1 saturated carbocycles. The Hall–Kier alpha value is -1.69. The van der Waals surface area contributed by atoms with Gasteiger partial charge >= 0.3 is 5.97 Å². The summed E-state index contributed by atoms with van der Waals surface area (Å²) in [4.78, 5) is 15.5. The highest BCUT2D eigenvalue weighted by Crippen LogP contribution is 2.47. The highest BCUT2D eigenvalue weighted by Gasteiger charge is 2.37. The molecule has 2 aliphatic carbocycles. The third-order valence-corrected chi connectivity index (χ3v) is 5.16. The van der Waals surface area contributed by atoms with Crippen LogP contribution in [0, 0.1) is 0 Å². The lowest BCUT2D eigenvalue weighted by molar-refractivity contribution is -0.137. The highest BCUT2D eigenvalue weighted by atomic mass is 32.1. The fourth-order valence-electron chi connectivity index (χ4n) is 3.38. The maximum Gasteiger partial charge on any atom is 0.303 e. The van der Waals surface area contributed by atoms with E-state index in [9.17, 15) is 9.90 Å². The monoisotopic (exact) mass is 303 g/mol. The molecule has 0 bridgehead atoms. The van der Waals surface area contributed by atoms with Crippen molar-refractivity contribution < 1.29 is 9.90 Å². The largest absolute Gasteiger partial charge is 0.481 e. The first-order valence-corrected chi connectivity index (χ1v) is 8.35. The van der Waals surface area contributed by atoms with Gasteiger partial charge < -0.3 is 5.11 Å². The number of hydrogen-bond acceptors (Lipinski definition) is 4. The zero-order chi connectivity index (χ0) is 14.4. The van der Waals surface area contributed by atoms with Gasteiger partial charge in [-0.25, -0.2) is 9.67 Å². The number of fused-ring (bicyclic) bond motifs is 1. The van der Waals surface area contributed by atoms with Crippen molar-refractivity contribution in [2.45, 2.75) is 50.4 Å². The minimum absolute atomic E-state index is 0.121. The van der Waals surface area contributed by atoms with E-state index in [0.29, 0.717) is 5.92 Å². The molecule has 1 unspecified atom stereocenters. The molecular weight excluding hydrogens is 286 g/mol. The van der Waals surface area contributed by atoms with Crippen LogP contribution in [0.1, 0.15) is 60.9 Å². The number of aliphatic carboxylic acids is 1. The number of carboxylic acids is 1. The van der Waals surface area contributed by atoms with Crippen molar-refractivity contribution >= 4 is 17.3 Å². The molecule has 0 aliphatic heterocycles. The number of rotatable bonds is 4. The van der Waals surface area contributed by atoms with Gasteiger partial charge in [-0.1, -0.05) is 0 Å². The number of aromatic nitrogens is 3. The molecule has 2 aliphatic rings. The predicted octanol–water partition coefficient (Wildman–Crippen LogP) is 3.10. The molecule has 4 rings (SSSR count). The molecule has 2 heterocycles. The summed E-state index contributed by atoms with van der Waals surface area (Å²) in [6.45, 7) is 0. The summed E-state index contributed by atoms with van der Waals surface area (Å²) in [7, 11) is 0. The maximum absolute atomic E-state index is 11.2. The van der Waals surface area contributed by atoms with Crippen molar-refractivity contribution in [2.24, 2.45) is 0 Å². The Kier molecular flexibility index (Phi) is 3.06. The van der Waals surface area contributed by atoms with Gasteiger partial charge in [0.05, 0.1) is 17.8 Å². The van der Waals surface area contributed by atoms with E-state index in [1.807, 2.05) is 10.1 Å². The third kappa shape index (κ3) is 2.27. The second-order valence-corrected chi connectivity index (χ2v) is 6.81. The van der Waals surface area contributed by atoms with Gasteiger partial charge in [0.2, 0.25) is 5.13 Å². The molecule has 0 saturated heterocycles. The molecule has 5 nitrogen and oxygen atoms in total. The van der Waals surface area contributed by atoms with Gasteiger partial charge in [-0.15, -0.1) is 11.3 Å². The summed E-state index contributed by atoms with van der Waals surface area (Å²) in [5.74, 6) is -0.0542. The fourth-order valence-corrected chi connectivity index (χ4v) is 4.00. The van der Waals surface area contributed by atoms with Crippen molar-refractivity contribution in [1.82, 2.24) is 14.8 Å². The van der Waals surface area contributed by atoms with Gasteiger partial charge in [0, 0.05) is 23.1 Å². The fraction of sp³-hybridized carbons (Fsp3) is 0.533. The van der Waals surface area contributed by atoms with Gasteiger partial charge in [-0.2, -0.15) is 5.10 Å². The van der Waals surface area contributed by atoms with Crippen molar-refractivity contribution in [3.8, 4) is 5.13 Å². The van der Waals surface area contributed by atoms with Crippen LogP contribution in [-0.4, -0.2) is 25.8 Å². The smallest absolute Gasteiger partial charge is 0.303 e. The second kappa shape index (κ2) is 4.94. The molecule has 110 valence electrons. The van der Waals surface area contributed by atoms with Crippen molar-refractivity contribution in [2.75, 3.05) is 0 Å². The SMILES string of the molecule is O=C(O)CC1CCCc2c1c(C1CC1)nn2-c1nccs1. The van der Waals surface area contributed by atoms with Gasteiger partial charge in [0.15, 0.2) is 0 Å². The first kappa shape index (κ1) is 13.0. The lowest BCUT2D eigenvalue weighted by Crippen LogP contribution is -2.15. The van der Waals surface area contributed by atoms with E-state index >= 15 is 0 Å². The van der Waals surface area contributed by atoms with Crippen LogP contribution in [-0.2, 0) is 11.2 Å². The molecule has 0 spiro atoms. The first-order chi connectivity index (χ1) is 10.2. The number of carboxylic acid groups (broad SMARTS) is 1. The van der Waals surface area contributed by atoms with Crippen LogP contribution in [0.3, 0.4) is 0 Å². The summed E-state index contributed by atoms with van der Waals surface area (Å²) in [5.41, 5.74) is 3.57. The van der Waals surface area contributed by atoms with Gasteiger partial charge in [-0.05, 0) is 38.0 Å². The van der Waals surface area contributed by atoms with Crippen molar-refractivity contribution in [1.29, 1.82) is 0 Å². The lowest BCUT2D eigenvalue weighted by Gasteiger charge is -2.22.